The number of aryl methyl sites for hydroxylation is 1. The number of carbonyl (C=O) groups excluding carboxylic acids is 1. The molecule has 1 fully saturated rings. The summed E-state index contributed by atoms with van der Waals surface area (Å²) < 4.78 is 12.6. The van der Waals surface area contributed by atoms with E-state index in [1.807, 2.05) is 61.7 Å². The smallest absolute Gasteiger partial charge is 0.241 e. The van der Waals surface area contributed by atoms with Crippen LogP contribution in [0.4, 0.5) is 5.82 Å². The highest BCUT2D eigenvalue weighted by atomic mass is 16.5. The molecule has 7 nitrogen and oxygen atoms in total. The van der Waals surface area contributed by atoms with Gasteiger partial charge in [-0.3, -0.25) is 9.48 Å². The summed E-state index contributed by atoms with van der Waals surface area (Å²) in [6.45, 7) is 5.59. The zero-order chi connectivity index (χ0) is 21.6. The Kier molecular flexibility index (Phi) is 6.52. The number of ether oxygens (including phenoxy) is 2. The van der Waals surface area contributed by atoms with Gasteiger partial charge in [-0.05, 0) is 30.2 Å². The molecule has 3 aromatic rings. The monoisotopic (exact) mass is 420 g/mol. The fraction of sp³-hybridized carbons (Fsp3) is 0.333. The molecule has 1 aliphatic heterocycles. The Bertz CT molecular complexity index is 1020. The maximum absolute atomic E-state index is 12.6. The van der Waals surface area contributed by atoms with E-state index in [-0.39, 0.29) is 12.5 Å². The second-order valence-corrected chi connectivity index (χ2v) is 7.66. The first-order chi connectivity index (χ1) is 15.1. The summed E-state index contributed by atoms with van der Waals surface area (Å²) in [6, 6.07) is 16.0. The highest BCUT2D eigenvalue weighted by Gasteiger charge is 2.21. The van der Waals surface area contributed by atoms with Crippen LogP contribution in [0.2, 0.25) is 0 Å². The van der Waals surface area contributed by atoms with E-state index in [0.717, 1.165) is 41.3 Å². The van der Waals surface area contributed by atoms with Crippen LogP contribution in [0.15, 0.2) is 54.7 Å². The van der Waals surface area contributed by atoms with Crippen molar-refractivity contribution in [2.75, 3.05) is 38.3 Å². The van der Waals surface area contributed by atoms with E-state index in [1.165, 1.54) is 5.56 Å². The Balaban J connectivity index is 1.52. The lowest BCUT2D eigenvalue weighted by Gasteiger charge is -2.27. The minimum Gasteiger partial charge on any atom is -0.497 e. The van der Waals surface area contributed by atoms with Crippen molar-refractivity contribution >= 4 is 11.7 Å². The molecule has 7 heteroatoms. The molecule has 0 spiro atoms. The maximum Gasteiger partial charge on any atom is 0.241 e. The van der Waals surface area contributed by atoms with Crippen LogP contribution in [-0.4, -0.2) is 49.1 Å². The average molecular weight is 421 g/mol. The van der Waals surface area contributed by atoms with Crippen molar-refractivity contribution in [2.45, 2.75) is 20.0 Å². The van der Waals surface area contributed by atoms with Crippen LogP contribution in [0.3, 0.4) is 0 Å². The molecule has 0 unspecified atom stereocenters. The van der Waals surface area contributed by atoms with Gasteiger partial charge in [0.2, 0.25) is 5.91 Å². The lowest BCUT2D eigenvalue weighted by molar-refractivity contribution is -0.122. The molecule has 162 valence electrons. The van der Waals surface area contributed by atoms with Gasteiger partial charge in [0, 0.05) is 31.4 Å². The van der Waals surface area contributed by atoms with Gasteiger partial charge in [0.25, 0.3) is 0 Å². The van der Waals surface area contributed by atoms with E-state index in [0.29, 0.717) is 19.8 Å². The third kappa shape index (κ3) is 5.24. The van der Waals surface area contributed by atoms with Gasteiger partial charge < -0.3 is 19.7 Å². The third-order valence-corrected chi connectivity index (χ3v) is 5.35. The topological polar surface area (TPSA) is 68.6 Å². The molecule has 1 aliphatic rings. The summed E-state index contributed by atoms with van der Waals surface area (Å²) >= 11 is 0. The molecule has 0 atom stereocenters. The molecule has 0 saturated carbocycles. The standard InChI is InChI=1S/C24H28N4O3/c1-18-6-8-19(9-7-18)15-25-23(29)17-28-16-22(20-4-3-5-21(14-20)30-2)24(26-28)27-10-12-31-13-11-27/h3-9,14,16H,10-13,15,17H2,1-2H3,(H,25,29). The molecule has 1 N–H and O–H groups in total. The Hall–Kier alpha value is -3.32. The van der Waals surface area contributed by atoms with Crippen molar-refractivity contribution in [2.24, 2.45) is 0 Å². The minimum absolute atomic E-state index is 0.0752. The van der Waals surface area contributed by atoms with Gasteiger partial charge in [-0.25, -0.2) is 0 Å². The first-order valence-electron chi connectivity index (χ1n) is 10.5. The summed E-state index contributed by atoms with van der Waals surface area (Å²) in [5, 5.41) is 7.74. The zero-order valence-electron chi connectivity index (χ0n) is 18.0. The van der Waals surface area contributed by atoms with Crippen molar-refractivity contribution in [3.05, 3.63) is 65.9 Å². The van der Waals surface area contributed by atoms with Crippen LogP contribution in [0.1, 0.15) is 11.1 Å². The lowest BCUT2D eigenvalue weighted by atomic mass is 10.1. The van der Waals surface area contributed by atoms with E-state index in [9.17, 15) is 4.79 Å². The number of anilines is 1. The number of morpholine rings is 1. The van der Waals surface area contributed by atoms with Crippen molar-refractivity contribution in [1.82, 2.24) is 15.1 Å². The fourth-order valence-corrected chi connectivity index (χ4v) is 3.60. The summed E-state index contributed by atoms with van der Waals surface area (Å²) in [4.78, 5) is 14.8. The van der Waals surface area contributed by atoms with Crippen LogP contribution >= 0.6 is 0 Å². The van der Waals surface area contributed by atoms with Crippen molar-refractivity contribution in [3.63, 3.8) is 0 Å². The van der Waals surface area contributed by atoms with Crippen molar-refractivity contribution in [1.29, 1.82) is 0 Å². The zero-order valence-corrected chi connectivity index (χ0v) is 18.0. The molecular formula is C24H28N4O3. The molecule has 2 heterocycles. The summed E-state index contributed by atoms with van der Waals surface area (Å²) in [6.07, 6.45) is 1.94. The highest BCUT2D eigenvalue weighted by Crippen LogP contribution is 2.32. The lowest BCUT2D eigenvalue weighted by Crippen LogP contribution is -2.37. The molecule has 0 radical (unpaired) electrons. The number of hydrogen-bond acceptors (Lipinski definition) is 5. The Morgan fingerprint density at radius 1 is 1.16 bits per heavy atom. The number of aromatic nitrogens is 2. The van der Waals surface area contributed by atoms with Gasteiger partial charge in [-0.1, -0.05) is 42.0 Å². The third-order valence-electron chi connectivity index (χ3n) is 5.35. The maximum atomic E-state index is 12.6. The largest absolute Gasteiger partial charge is 0.497 e. The predicted molar refractivity (Wildman–Crippen MR) is 120 cm³/mol. The fourth-order valence-electron chi connectivity index (χ4n) is 3.60. The van der Waals surface area contributed by atoms with Crippen molar-refractivity contribution < 1.29 is 14.3 Å². The average Bonchev–Trinajstić information content (AvgIpc) is 3.23. The van der Waals surface area contributed by atoms with E-state index < -0.39 is 0 Å². The van der Waals surface area contributed by atoms with Gasteiger partial charge in [0.15, 0.2) is 5.82 Å². The molecule has 2 aromatic carbocycles. The van der Waals surface area contributed by atoms with Gasteiger partial charge in [0.1, 0.15) is 12.3 Å². The molecular weight excluding hydrogens is 392 g/mol. The Morgan fingerprint density at radius 3 is 2.68 bits per heavy atom. The highest BCUT2D eigenvalue weighted by molar-refractivity contribution is 5.78. The number of benzene rings is 2. The number of nitrogens with one attached hydrogen (secondary N) is 1. The molecule has 1 amide bonds. The van der Waals surface area contributed by atoms with Crippen molar-refractivity contribution in [3.8, 4) is 16.9 Å². The number of hydrogen-bond donors (Lipinski definition) is 1. The summed E-state index contributed by atoms with van der Waals surface area (Å²) in [7, 11) is 1.66. The van der Waals surface area contributed by atoms with E-state index in [4.69, 9.17) is 14.6 Å². The number of carbonyl (C=O) groups is 1. The summed E-state index contributed by atoms with van der Waals surface area (Å²) in [5.74, 6) is 1.57. The van der Waals surface area contributed by atoms with Gasteiger partial charge >= 0.3 is 0 Å². The second kappa shape index (κ2) is 9.66. The second-order valence-electron chi connectivity index (χ2n) is 7.66. The van der Waals surface area contributed by atoms with Crippen LogP contribution in [0.25, 0.3) is 11.1 Å². The predicted octanol–water partition coefficient (Wildman–Crippen LogP) is 3.02. The van der Waals surface area contributed by atoms with Crippen LogP contribution in [-0.2, 0) is 22.6 Å². The summed E-state index contributed by atoms with van der Waals surface area (Å²) in [5.41, 5.74) is 4.26. The van der Waals surface area contributed by atoms with Gasteiger partial charge in [-0.2, -0.15) is 5.10 Å². The number of rotatable bonds is 7. The first-order valence-corrected chi connectivity index (χ1v) is 10.5. The SMILES string of the molecule is COc1cccc(-c2cn(CC(=O)NCc3ccc(C)cc3)nc2N2CCOCC2)c1. The molecule has 0 bridgehead atoms. The van der Waals surface area contributed by atoms with E-state index >= 15 is 0 Å². The number of methoxy groups -OCH3 is 1. The minimum atomic E-state index is -0.0752. The van der Waals surface area contributed by atoms with Crippen LogP contribution in [0, 0.1) is 6.92 Å². The van der Waals surface area contributed by atoms with Crippen LogP contribution in [0.5, 0.6) is 5.75 Å². The number of nitrogens with zero attached hydrogens (tertiary/aromatic N) is 3. The Morgan fingerprint density at radius 2 is 1.94 bits per heavy atom. The number of amides is 1. The normalized spacial score (nSPS) is 13.8. The molecule has 4 rings (SSSR count). The Labute approximate surface area is 182 Å². The molecule has 31 heavy (non-hydrogen) atoms. The molecule has 1 aromatic heterocycles. The first kappa shape index (κ1) is 20.9. The van der Waals surface area contributed by atoms with E-state index in [2.05, 4.69) is 10.2 Å². The van der Waals surface area contributed by atoms with Gasteiger partial charge in [-0.15, -0.1) is 0 Å². The molecule has 1 saturated heterocycles. The van der Waals surface area contributed by atoms with Gasteiger partial charge in [0.05, 0.1) is 20.3 Å². The van der Waals surface area contributed by atoms with E-state index in [1.54, 1.807) is 11.8 Å². The quantitative estimate of drug-likeness (QED) is 0.636. The molecule has 0 aliphatic carbocycles. The van der Waals surface area contributed by atoms with Crippen LogP contribution < -0.4 is 15.0 Å².